The van der Waals surface area contributed by atoms with E-state index in [1.807, 2.05) is 6.07 Å². The van der Waals surface area contributed by atoms with Crippen LogP contribution < -0.4 is 4.57 Å². The predicted octanol–water partition coefficient (Wildman–Crippen LogP) is 2.96. The normalized spacial score (nSPS) is 11.1. The molecule has 0 bridgehead atoms. The van der Waals surface area contributed by atoms with E-state index in [4.69, 9.17) is 4.74 Å². The zero-order valence-corrected chi connectivity index (χ0v) is 11.9. The van der Waals surface area contributed by atoms with Crippen molar-refractivity contribution >= 4 is 11.0 Å². The maximum atomic E-state index is 5.31. The number of aromatic nitrogens is 2. The van der Waals surface area contributed by atoms with Gasteiger partial charge in [-0.15, -0.1) is 0 Å². The minimum absolute atomic E-state index is 0.584. The number of nitrogens with one attached hydrogen (secondary N) is 1. The topological polar surface area (TPSA) is 28.9 Å². The van der Waals surface area contributed by atoms with Gasteiger partial charge in [-0.3, -0.25) is 0 Å². The minimum atomic E-state index is 0.584. The lowest BCUT2D eigenvalue weighted by Gasteiger charge is -2.05. The Labute approximate surface area is 118 Å². The molecule has 0 fully saturated rings. The van der Waals surface area contributed by atoms with Gasteiger partial charge in [0.25, 0.3) is 5.82 Å². The third-order valence-corrected chi connectivity index (χ3v) is 3.67. The molecule has 0 saturated heterocycles. The summed E-state index contributed by atoms with van der Waals surface area (Å²) in [6.07, 6.45) is 0. The van der Waals surface area contributed by atoms with Gasteiger partial charge in [-0.25, -0.2) is 9.55 Å². The third kappa shape index (κ3) is 2.32. The molecule has 0 aliphatic rings. The highest BCUT2D eigenvalue weighted by atomic mass is 16.5. The lowest BCUT2D eigenvalue weighted by atomic mass is 10.1. The van der Waals surface area contributed by atoms with Crippen molar-refractivity contribution in [2.75, 3.05) is 7.11 Å². The highest BCUT2D eigenvalue weighted by Gasteiger charge is 2.18. The van der Waals surface area contributed by atoms with Gasteiger partial charge in [0.05, 0.1) is 0 Å². The number of rotatable bonds is 4. The average Bonchev–Trinajstić information content (AvgIpc) is 2.80. The first-order valence-corrected chi connectivity index (χ1v) is 6.82. The molecule has 0 atom stereocenters. The fourth-order valence-corrected chi connectivity index (χ4v) is 2.57. The fourth-order valence-electron chi connectivity index (χ4n) is 2.57. The Bertz CT molecular complexity index is 731. The molecule has 0 aliphatic heterocycles. The lowest BCUT2D eigenvalue weighted by molar-refractivity contribution is -0.672. The summed E-state index contributed by atoms with van der Waals surface area (Å²) in [5.74, 6) is 1.09. The first-order chi connectivity index (χ1) is 9.79. The maximum Gasteiger partial charge on any atom is 0.281 e. The second-order valence-corrected chi connectivity index (χ2v) is 5.03. The van der Waals surface area contributed by atoms with E-state index in [1.165, 1.54) is 16.6 Å². The van der Waals surface area contributed by atoms with Crippen molar-refractivity contribution in [2.45, 2.75) is 20.1 Å². The first kappa shape index (κ1) is 12.9. The Morgan fingerprint density at radius 1 is 1.05 bits per heavy atom. The quantitative estimate of drug-likeness (QED) is 0.723. The van der Waals surface area contributed by atoms with Crippen LogP contribution in [-0.4, -0.2) is 12.1 Å². The highest BCUT2D eigenvalue weighted by Crippen LogP contribution is 2.13. The van der Waals surface area contributed by atoms with Crippen LogP contribution >= 0.6 is 0 Å². The van der Waals surface area contributed by atoms with Gasteiger partial charge >= 0.3 is 0 Å². The van der Waals surface area contributed by atoms with Crippen LogP contribution in [0.5, 0.6) is 0 Å². The molecule has 1 aromatic heterocycles. The van der Waals surface area contributed by atoms with Gasteiger partial charge < -0.3 is 4.74 Å². The van der Waals surface area contributed by atoms with Crippen LogP contribution in [0.4, 0.5) is 0 Å². The number of aromatic amines is 1. The molecule has 0 saturated carbocycles. The molecular weight excluding hydrogens is 248 g/mol. The summed E-state index contributed by atoms with van der Waals surface area (Å²) in [5.41, 5.74) is 5.00. The van der Waals surface area contributed by atoms with Gasteiger partial charge in [0.2, 0.25) is 0 Å². The molecule has 0 unspecified atom stereocenters. The summed E-state index contributed by atoms with van der Waals surface area (Å²) in [4.78, 5) is 3.44. The Kier molecular flexibility index (Phi) is 3.52. The Morgan fingerprint density at radius 3 is 2.60 bits per heavy atom. The molecule has 3 rings (SSSR count). The standard InChI is InChI=1S/C17H18N2O/c1-13-7-3-4-8-14(13)11-19-16-10-6-5-9-15(16)18-17(19)12-20-2/h3-10H,11-12H2,1-2H3/p+1. The molecule has 102 valence electrons. The molecule has 3 aromatic rings. The summed E-state index contributed by atoms with van der Waals surface area (Å²) in [5, 5.41) is 0. The summed E-state index contributed by atoms with van der Waals surface area (Å²) < 4.78 is 7.61. The third-order valence-electron chi connectivity index (χ3n) is 3.67. The summed E-state index contributed by atoms with van der Waals surface area (Å²) >= 11 is 0. The molecule has 0 radical (unpaired) electrons. The SMILES string of the molecule is COCc1[nH]c2ccccc2[n+]1Cc1ccccc1C. The Hall–Kier alpha value is -2.13. The molecule has 1 N–H and O–H groups in total. The molecular formula is C17H19N2O+. The monoisotopic (exact) mass is 267 g/mol. The number of ether oxygens (including phenoxy) is 1. The first-order valence-electron chi connectivity index (χ1n) is 6.82. The van der Waals surface area contributed by atoms with E-state index in [0.717, 1.165) is 17.9 Å². The summed E-state index contributed by atoms with van der Waals surface area (Å²) in [6.45, 7) is 3.59. The number of H-pyrrole nitrogens is 1. The maximum absolute atomic E-state index is 5.31. The Morgan fingerprint density at radius 2 is 1.80 bits per heavy atom. The van der Waals surface area contributed by atoms with E-state index in [0.29, 0.717) is 6.61 Å². The number of nitrogens with zero attached hydrogens (tertiary/aromatic N) is 1. The number of benzene rings is 2. The zero-order valence-electron chi connectivity index (χ0n) is 11.9. The van der Waals surface area contributed by atoms with E-state index in [1.54, 1.807) is 7.11 Å². The summed E-state index contributed by atoms with van der Waals surface area (Å²) in [7, 11) is 1.73. The summed E-state index contributed by atoms with van der Waals surface area (Å²) in [6, 6.07) is 16.9. The molecule has 0 spiro atoms. The molecule has 1 heterocycles. The lowest BCUT2D eigenvalue weighted by Crippen LogP contribution is -2.38. The molecule has 3 nitrogen and oxygen atoms in total. The second kappa shape index (κ2) is 5.47. The molecule has 20 heavy (non-hydrogen) atoms. The van der Waals surface area contributed by atoms with Crippen LogP contribution in [0.2, 0.25) is 0 Å². The number of aryl methyl sites for hydroxylation is 1. The molecule has 2 aromatic carbocycles. The van der Waals surface area contributed by atoms with Crippen LogP contribution in [0.15, 0.2) is 48.5 Å². The van der Waals surface area contributed by atoms with E-state index in [9.17, 15) is 0 Å². The number of hydrogen-bond donors (Lipinski definition) is 1. The van der Waals surface area contributed by atoms with E-state index >= 15 is 0 Å². The van der Waals surface area contributed by atoms with Gasteiger partial charge in [0, 0.05) is 7.11 Å². The van der Waals surface area contributed by atoms with Crippen molar-refractivity contribution < 1.29 is 9.30 Å². The van der Waals surface area contributed by atoms with Gasteiger partial charge in [0.1, 0.15) is 13.2 Å². The van der Waals surface area contributed by atoms with E-state index in [2.05, 4.69) is 58.9 Å². The smallest absolute Gasteiger partial charge is 0.281 e. The van der Waals surface area contributed by atoms with Gasteiger partial charge in [-0.05, 0) is 30.2 Å². The largest absolute Gasteiger partial charge is 0.372 e. The zero-order chi connectivity index (χ0) is 13.9. The molecule has 0 amide bonds. The second-order valence-electron chi connectivity index (χ2n) is 5.03. The number of para-hydroxylation sites is 2. The van der Waals surface area contributed by atoms with E-state index < -0.39 is 0 Å². The number of fused-ring (bicyclic) bond motifs is 1. The predicted molar refractivity (Wildman–Crippen MR) is 79.5 cm³/mol. The number of methoxy groups -OCH3 is 1. The van der Waals surface area contributed by atoms with Gasteiger partial charge in [0.15, 0.2) is 11.0 Å². The number of imidazole rings is 1. The number of hydrogen-bond acceptors (Lipinski definition) is 1. The van der Waals surface area contributed by atoms with Crippen molar-refractivity contribution in [3.8, 4) is 0 Å². The van der Waals surface area contributed by atoms with Crippen molar-refractivity contribution in [3.05, 3.63) is 65.5 Å². The van der Waals surface area contributed by atoms with E-state index in [-0.39, 0.29) is 0 Å². The van der Waals surface area contributed by atoms with Crippen LogP contribution in [0.3, 0.4) is 0 Å². The van der Waals surface area contributed by atoms with Crippen LogP contribution in [-0.2, 0) is 17.9 Å². The molecule has 0 aliphatic carbocycles. The Balaban J connectivity index is 2.09. The van der Waals surface area contributed by atoms with Crippen LogP contribution in [0, 0.1) is 6.92 Å². The van der Waals surface area contributed by atoms with Crippen molar-refractivity contribution in [1.29, 1.82) is 0 Å². The average molecular weight is 267 g/mol. The van der Waals surface area contributed by atoms with Gasteiger partial charge in [-0.1, -0.05) is 36.4 Å². The highest BCUT2D eigenvalue weighted by molar-refractivity contribution is 5.71. The fraction of sp³-hybridized carbons (Fsp3) is 0.235. The van der Waals surface area contributed by atoms with Crippen molar-refractivity contribution in [1.82, 2.24) is 4.98 Å². The minimum Gasteiger partial charge on any atom is -0.372 e. The van der Waals surface area contributed by atoms with Crippen molar-refractivity contribution in [2.24, 2.45) is 0 Å². The van der Waals surface area contributed by atoms with Crippen LogP contribution in [0.1, 0.15) is 17.0 Å². The van der Waals surface area contributed by atoms with Gasteiger partial charge in [-0.2, -0.15) is 0 Å². The van der Waals surface area contributed by atoms with Crippen LogP contribution in [0.25, 0.3) is 11.0 Å². The van der Waals surface area contributed by atoms with Crippen molar-refractivity contribution in [3.63, 3.8) is 0 Å². The molecule has 3 heteroatoms.